The molecule has 2 aromatic rings. The number of rotatable bonds is 5. The number of aliphatic hydroxyl groups excluding tert-OH is 1. The van der Waals surface area contributed by atoms with E-state index in [9.17, 15) is 19.1 Å². The lowest BCUT2D eigenvalue weighted by atomic mass is 10.0. The third-order valence-electron chi connectivity index (χ3n) is 4.42. The summed E-state index contributed by atoms with van der Waals surface area (Å²) in [5.74, 6) is -0.654. The van der Waals surface area contributed by atoms with E-state index in [4.69, 9.17) is 4.74 Å². The molecular weight excluding hydrogens is 361 g/mol. The number of cyclic esters (lactones) is 1. The molecule has 0 radical (unpaired) electrons. The van der Waals surface area contributed by atoms with Gasteiger partial charge in [0, 0.05) is 6.42 Å². The maximum Gasteiger partial charge on any atom is 0.416 e. The van der Waals surface area contributed by atoms with Gasteiger partial charge >= 0.3 is 6.09 Å². The summed E-state index contributed by atoms with van der Waals surface area (Å²) in [6.45, 7) is 4.05. The first-order valence-corrected chi connectivity index (χ1v) is 9.32. The first-order chi connectivity index (χ1) is 13.4. The van der Waals surface area contributed by atoms with Crippen LogP contribution in [-0.4, -0.2) is 34.7 Å². The van der Waals surface area contributed by atoms with Crippen molar-refractivity contribution in [2.24, 2.45) is 0 Å². The lowest BCUT2D eigenvalue weighted by Crippen LogP contribution is -2.37. The number of benzene rings is 2. The number of aryl methyl sites for hydroxylation is 1. The van der Waals surface area contributed by atoms with Gasteiger partial charge in [-0.25, -0.2) is 14.1 Å². The predicted molar refractivity (Wildman–Crippen MR) is 104 cm³/mol. The summed E-state index contributed by atoms with van der Waals surface area (Å²) in [4.78, 5) is 24.4. The highest BCUT2D eigenvalue weighted by molar-refractivity contribution is 5.93. The minimum atomic E-state index is -0.749. The molecule has 2 unspecified atom stereocenters. The third-order valence-corrected chi connectivity index (χ3v) is 4.42. The molecule has 5 nitrogen and oxygen atoms in total. The number of nitrogens with zero attached hydrogens (tertiary/aromatic N) is 1. The minimum Gasteiger partial charge on any atom is -0.447 e. The summed E-state index contributed by atoms with van der Waals surface area (Å²) in [6.07, 6.45) is -0.381. The maximum absolute atomic E-state index is 12.8. The molecule has 1 fully saturated rings. The molecule has 2 atom stereocenters. The van der Waals surface area contributed by atoms with Crippen molar-refractivity contribution in [3.8, 4) is 0 Å². The SMILES string of the molecule is CC1COC(=O)N1C(=O)CCCC(O)c1ccc(F)cc1.Cc1ccccc1. The number of ether oxygens (including phenoxy) is 1. The third kappa shape index (κ3) is 6.46. The van der Waals surface area contributed by atoms with Crippen molar-refractivity contribution in [1.29, 1.82) is 0 Å². The molecule has 6 heteroatoms. The maximum atomic E-state index is 12.8. The lowest BCUT2D eigenvalue weighted by molar-refractivity contribution is -0.129. The van der Waals surface area contributed by atoms with Crippen LogP contribution < -0.4 is 0 Å². The van der Waals surface area contributed by atoms with Gasteiger partial charge in [0.2, 0.25) is 5.91 Å². The standard InChI is InChI=1S/C15H18FNO4.C7H8/c1-10-9-21-15(20)17(10)14(19)4-2-3-13(18)11-5-7-12(16)8-6-11;1-7-5-3-2-4-6-7/h5-8,10,13,18H,2-4,9H2,1H3;2-6H,1H3. The Morgan fingerprint density at radius 3 is 2.36 bits per heavy atom. The Morgan fingerprint density at radius 1 is 1.21 bits per heavy atom. The smallest absolute Gasteiger partial charge is 0.416 e. The van der Waals surface area contributed by atoms with E-state index in [1.54, 1.807) is 6.92 Å². The van der Waals surface area contributed by atoms with E-state index in [1.807, 2.05) is 18.2 Å². The molecule has 0 spiro atoms. The van der Waals surface area contributed by atoms with Crippen LogP contribution in [0.5, 0.6) is 0 Å². The average Bonchev–Trinajstić information content (AvgIpc) is 3.01. The van der Waals surface area contributed by atoms with Crippen LogP contribution in [-0.2, 0) is 9.53 Å². The van der Waals surface area contributed by atoms with Crippen molar-refractivity contribution >= 4 is 12.0 Å². The van der Waals surface area contributed by atoms with Crippen LogP contribution >= 0.6 is 0 Å². The fourth-order valence-electron chi connectivity index (χ4n) is 2.82. The minimum absolute atomic E-state index is 0.164. The Morgan fingerprint density at radius 2 is 1.86 bits per heavy atom. The van der Waals surface area contributed by atoms with Gasteiger partial charge in [-0.2, -0.15) is 0 Å². The number of amides is 2. The van der Waals surface area contributed by atoms with Gasteiger partial charge in [-0.1, -0.05) is 48.0 Å². The van der Waals surface area contributed by atoms with Crippen molar-refractivity contribution in [1.82, 2.24) is 4.90 Å². The molecule has 2 amide bonds. The number of hydrogen-bond acceptors (Lipinski definition) is 4. The molecule has 28 heavy (non-hydrogen) atoms. The Hall–Kier alpha value is -2.73. The van der Waals surface area contributed by atoms with Crippen molar-refractivity contribution in [2.75, 3.05) is 6.61 Å². The van der Waals surface area contributed by atoms with Gasteiger partial charge in [0.25, 0.3) is 0 Å². The second-order valence-electron chi connectivity index (χ2n) is 6.80. The Bertz CT molecular complexity index is 764. The topological polar surface area (TPSA) is 66.8 Å². The molecule has 3 rings (SSSR count). The zero-order chi connectivity index (χ0) is 20.5. The molecule has 0 aromatic heterocycles. The highest BCUT2D eigenvalue weighted by Gasteiger charge is 2.34. The Labute approximate surface area is 164 Å². The molecular formula is C22H26FNO4. The second kappa shape index (κ2) is 10.6. The van der Waals surface area contributed by atoms with Crippen LogP contribution in [0.15, 0.2) is 54.6 Å². The molecule has 0 saturated carbocycles. The van der Waals surface area contributed by atoms with Crippen molar-refractivity contribution in [3.05, 3.63) is 71.5 Å². The first kappa shape index (κ1) is 21.6. The van der Waals surface area contributed by atoms with Gasteiger partial charge in [-0.05, 0) is 44.4 Å². The van der Waals surface area contributed by atoms with Gasteiger partial charge in [0.05, 0.1) is 12.1 Å². The summed E-state index contributed by atoms with van der Waals surface area (Å²) >= 11 is 0. The van der Waals surface area contributed by atoms with Gasteiger partial charge in [0.1, 0.15) is 12.4 Å². The van der Waals surface area contributed by atoms with E-state index in [2.05, 4.69) is 19.1 Å². The van der Waals surface area contributed by atoms with Crippen LogP contribution in [0, 0.1) is 12.7 Å². The monoisotopic (exact) mass is 387 g/mol. The zero-order valence-electron chi connectivity index (χ0n) is 16.2. The quantitative estimate of drug-likeness (QED) is 0.826. The molecule has 0 bridgehead atoms. The summed E-state index contributed by atoms with van der Waals surface area (Å²) < 4.78 is 17.6. The van der Waals surface area contributed by atoms with Gasteiger partial charge in [0.15, 0.2) is 0 Å². The fourth-order valence-corrected chi connectivity index (χ4v) is 2.82. The second-order valence-corrected chi connectivity index (χ2v) is 6.80. The van der Waals surface area contributed by atoms with Crippen LogP contribution in [0.25, 0.3) is 0 Å². The number of aliphatic hydroxyl groups is 1. The van der Waals surface area contributed by atoms with Crippen LogP contribution in [0.1, 0.15) is 43.4 Å². The number of imide groups is 1. The van der Waals surface area contributed by atoms with Crippen LogP contribution in [0.4, 0.5) is 9.18 Å². The van der Waals surface area contributed by atoms with Crippen molar-refractivity contribution < 1.29 is 23.8 Å². The fraction of sp³-hybridized carbons (Fsp3) is 0.364. The summed E-state index contributed by atoms with van der Waals surface area (Å²) in [5.41, 5.74) is 1.93. The summed E-state index contributed by atoms with van der Waals surface area (Å²) in [6, 6.07) is 15.6. The molecule has 1 N–H and O–H groups in total. The Balaban J connectivity index is 0.000000336. The lowest BCUT2D eigenvalue weighted by Gasteiger charge is -2.16. The molecule has 0 aliphatic carbocycles. The molecule has 1 saturated heterocycles. The predicted octanol–water partition coefficient (Wildman–Crippen LogP) is 4.39. The molecule has 2 aromatic carbocycles. The highest BCUT2D eigenvalue weighted by Crippen LogP contribution is 2.21. The molecule has 1 heterocycles. The van der Waals surface area contributed by atoms with E-state index in [-0.39, 0.29) is 30.8 Å². The van der Waals surface area contributed by atoms with Gasteiger partial charge < -0.3 is 9.84 Å². The summed E-state index contributed by atoms with van der Waals surface area (Å²) in [7, 11) is 0. The summed E-state index contributed by atoms with van der Waals surface area (Å²) in [5, 5.41) is 9.95. The largest absolute Gasteiger partial charge is 0.447 e. The first-order valence-electron chi connectivity index (χ1n) is 9.32. The van der Waals surface area contributed by atoms with Gasteiger partial charge in [-0.15, -0.1) is 0 Å². The Kier molecular flexibility index (Phi) is 8.14. The number of hydrogen-bond donors (Lipinski definition) is 1. The van der Waals surface area contributed by atoms with Gasteiger partial charge in [-0.3, -0.25) is 4.79 Å². The highest BCUT2D eigenvalue weighted by atomic mass is 19.1. The van der Waals surface area contributed by atoms with Crippen LogP contribution in [0.2, 0.25) is 0 Å². The zero-order valence-corrected chi connectivity index (χ0v) is 16.2. The van der Waals surface area contributed by atoms with E-state index in [0.717, 1.165) is 4.90 Å². The van der Waals surface area contributed by atoms with Crippen molar-refractivity contribution in [2.45, 2.75) is 45.3 Å². The number of halogens is 1. The van der Waals surface area contributed by atoms with Crippen LogP contribution in [0.3, 0.4) is 0 Å². The number of carbonyl (C=O) groups excluding carboxylic acids is 2. The molecule has 1 aliphatic rings. The van der Waals surface area contributed by atoms with Crippen molar-refractivity contribution in [3.63, 3.8) is 0 Å². The van der Waals surface area contributed by atoms with E-state index >= 15 is 0 Å². The normalized spacial score (nSPS) is 16.8. The average molecular weight is 387 g/mol. The number of carbonyl (C=O) groups is 2. The van der Waals surface area contributed by atoms with E-state index in [0.29, 0.717) is 18.4 Å². The van der Waals surface area contributed by atoms with E-state index in [1.165, 1.54) is 29.8 Å². The molecule has 150 valence electrons. The van der Waals surface area contributed by atoms with E-state index < -0.39 is 12.2 Å². The molecule has 1 aliphatic heterocycles.